The molecule has 6 aromatic carbocycles. The van der Waals surface area contributed by atoms with Gasteiger partial charge in [0.05, 0.1) is 11.0 Å². The number of para-hydroxylation sites is 2. The molecule has 0 unspecified atom stereocenters. The van der Waals surface area contributed by atoms with E-state index in [-0.39, 0.29) is 5.41 Å². The standard InChI is InChI=1S/C51H42N2/c1-7-40(33-36(3)35(2)25-26-37(4)52-49-23-15-12-20-45(49)46-21-13-16-24-50(46)52)53(41-29-27-39(28-30-41)38-17-9-8-10-18-38)42-31-32-44-43-19-11-14-22-47(43)51(5,6)48(44)34-42/h7-34H,1-4H2,5-6H3/b26-25-,40-33+. The number of aromatic nitrogens is 1. The van der Waals surface area contributed by atoms with Crippen molar-refractivity contribution in [3.63, 3.8) is 0 Å². The van der Waals surface area contributed by atoms with E-state index in [2.05, 4.69) is 195 Å². The van der Waals surface area contributed by atoms with Gasteiger partial charge in [0.2, 0.25) is 0 Å². The number of hydrogen-bond acceptors (Lipinski definition) is 1. The minimum absolute atomic E-state index is 0.135. The van der Waals surface area contributed by atoms with E-state index in [1.54, 1.807) is 0 Å². The molecule has 0 radical (unpaired) electrons. The molecule has 0 spiro atoms. The molecule has 0 fully saturated rings. The molecule has 8 rings (SSSR count). The normalized spacial score (nSPS) is 13.2. The molecule has 2 heteroatoms. The van der Waals surface area contributed by atoms with E-state index in [9.17, 15) is 0 Å². The van der Waals surface area contributed by atoms with Crippen LogP contribution >= 0.6 is 0 Å². The maximum absolute atomic E-state index is 4.48. The van der Waals surface area contributed by atoms with E-state index in [1.807, 2.05) is 24.3 Å². The number of benzene rings is 6. The summed E-state index contributed by atoms with van der Waals surface area (Å²) in [6.07, 6.45) is 7.99. The third kappa shape index (κ3) is 5.89. The smallest absolute Gasteiger partial charge is 0.0540 e. The Bertz CT molecular complexity index is 2590. The Balaban J connectivity index is 1.15. The molecular formula is C51H42N2. The number of hydrogen-bond donors (Lipinski definition) is 0. The zero-order valence-corrected chi connectivity index (χ0v) is 30.4. The van der Waals surface area contributed by atoms with E-state index in [0.717, 1.165) is 50.5 Å². The zero-order chi connectivity index (χ0) is 36.7. The van der Waals surface area contributed by atoms with Gasteiger partial charge in [-0.05, 0) is 99.2 Å². The van der Waals surface area contributed by atoms with Crippen LogP contribution in [-0.4, -0.2) is 4.57 Å². The number of anilines is 2. The number of nitrogens with zero attached hydrogens (tertiary/aromatic N) is 2. The lowest BCUT2D eigenvalue weighted by atomic mass is 9.82. The van der Waals surface area contributed by atoms with Crippen molar-refractivity contribution in [2.75, 3.05) is 4.90 Å². The summed E-state index contributed by atoms with van der Waals surface area (Å²) in [6, 6.07) is 51.7. The molecule has 53 heavy (non-hydrogen) atoms. The van der Waals surface area contributed by atoms with Crippen LogP contribution in [0.5, 0.6) is 0 Å². The molecule has 0 atom stereocenters. The van der Waals surface area contributed by atoms with Crippen LogP contribution in [0.25, 0.3) is 49.8 Å². The zero-order valence-electron chi connectivity index (χ0n) is 30.4. The van der Waals surface area contributed by atoms with E-state index in [1.165, 1.54) is 38.6 Å². The summed E-state index contributed by atoms with van der Waals surface area (Å²) in [7, 11) is 0. The Morgan fingerprint density at radius 2 is 1.13 bits per heavy atom. The Morgan fingerprint density at radius 3 is 1.81 bits per heavy atom. The molecule has 0 saturated carbocycles. The van der Waals surface area contributed by atoms with E-state index in [4.69, 9.17) is 0 Å². The minimum atomic E-state index is -0.135. The lowest BCUT2D eigenvalue weighted by Gasteiger charge is -2.29. The first-order valence-corrected chi connectivity index (χ1v) is 18.0. The van der Waals surface area contributed by atoms with Crippen molar-refractivity contribution < 1.29 is 0 Å². The summed E-state index contributed by atoms with van der Waals surface area (Å²) in [5.74, 6) is 0. The average molecular weight is 683 g/mol. The van der Waals surface area contributed by atoms with Crippen molar-refractivity contribution in [2.24, 2.45) is 0 Å². The van der Waals surface area contributed by atoms with Crippen LogP contribution in [-0.2, 0) is 5.41 Å². The molecule has 0 amide bonds. The van der Waals surface area contributed by atoms with Gasteiger partial charge in [0.15, 0.2) is 0 Å². The highest BCUT2D eigenvalue weighted by Crippen LogP contribution is 2.50. The highest BCUT2D eigenvalue weighted by Gasteiger charge is 2.35. The van der Waals surface area contributed by atoms with Gasteiger partial charge in [-0.15, -0.1) is 0 Å². The van der Waals surface area contributed by atoms with Crippen LogP contribution in [0.1, 0.15) is 25.0 Å². The average Bonchev–Trinajstić information content (AvgIpc) is 3.65. The van der Waals surface area contributed by atoms with E-state index >= 15 is 0 Å². The first kappa shape index (κ1) is 33.5. The van der Waals surface area contributed by atoms with E-state index in [0.29, 0.717) is 0 Å². The van der Waals surface area contributed by atoms with Crippen LogP contribution in [0.4, 0.5) is 11.4 Å². The molecule has 2 nitrogen and oxygen atoms in total. The van der Waals surface area contributed by atoms with Crippen LogP contribution in [0, 0.1) is 0 Å². The van der Waals surface area contributed by atoms with Crippen LogP contribution in [0.3, 0.4) is 0 Å². The highest BCUT2D eigenvalue weighted by atomic mass is 15.1. The molecule has 0 aliphatic heterocycles. The molecular weight excluding hydrogens is 641 g/mol. The predicted molar refractivity (Wildman–Crippen MR) is 228 cm³/mol. The van der Waals surface area contributed by atoms with Gasteiger partial charge < -0.3 is 9.47 Å². The summed E-state index contributed by atoms with van der Waals surface area (Å²) >= 11 is 0. The second-order valence-corrected chi connectivity index (χ2v) is 14.2. The van der Waals surface area contributed by atoms with Gasteiger partial charge in [0, 0.05) is 39.0 Å². The monoisotopic (exact) mass is 682 g/mol. The summed E-state index contributed by atoms with van der Waals surface area (Å²) in [5, 5.41) is 2.41. The lowest BCUT2D eigenvalue weighted by molar-refractivity contribution is 0.660. The molecule has 0 N–H and O–H groups in total. The van der Waals surface area contributed by atoms with Crippen molar-refractivity contribution in [2.45, 2.75) is 19.3 Å². The Hall–Kier alpha value is -6.64. The lowest BCUT2D eigenvalue weighted by Crippen LogP contribution is -2.18. The molecule has 1 aliphatic carbocycles. The summed E-state index contributed by atoms with van der Waals surface area (Å²) in [5.41, 5.74) is 15.1. The number of rotatable bonds is 10. The SMILES string of the molecule is C=C/C(=C\C(=C)C(=C)/C=C\C(=C)n1c2ccccc2c2ccccc21)N(c1ccc(-c2ccccc2)cc1)c1ccc2c(c1)C(C)(C)c1ccccc1-2. The third-order valence-electron chi connectivity index (χ3n) is 10.6. The second-order valence-electron chi connectivity index (χ2n) is 14.2. The number of allylic oxidation sites excluding steroid dienone is 7. The molecule has 0 saturated heterocycles. The fraction of sp³-hybridized carbons (Fsp3) is 0.0588. The van der Waals surface area contributed by atoms with Crippen LogP contribution < -0.4 is 4.90 Å². The molecule has 256 valence electrons. The van der Waals surface area contributed by atoms with Gasteiger partial charge in [-0.3, -0.25) is 0 Å². The van der Waals surface area contributed by atoms with Gasteiger partial charge >= 0.3 is 0 Å². The molecule has 1 aliphatic rings. The predicted octanol–water partition coefficient (Wildman–Crippen LogP) is 13.8. The Kier molecular flexibility index (Phi) is 8.52. The van der Waals surface area contributed by atoms with Gasteiger partial charge in [0.25, 0.3) is 0 Å². The first-order chi connectivity index (χ1) is 25.8. The van der Waals surface area contributed by atoms with Crippen molar-refractivity contribution >= 4 is 38.9 Å². The molecule has 7 aromatic rings. The molecule has 1 aromatic heterocycles. The molecule has 1 heterocycles. The third-order valence-corrected chi connectivity index (χ3v) is 10.6. The van der Waals surface area contributed by atoms with Gasteiger partial charge in [-0.2, -0.15) is 0 Å². The first-order valence-electron chi connectivity index (χ1n) is 18.0. The van der Waals surface area contributed by atoms with Crippen molar-refractivity contribution in [1.82, 2.24) is 4.57 Å². The quantitative estimate of drug-likeness (QED) is 0.130. The van der Waals surface area contributed by atoms with Crippen LogP contribution in [0.2, 0.25) is 0 Å². The maximum atomic E-state index is 4.48. The van der Waals surface area contributed by atoms with Crippen molar-refractivity contribution in [3.05, 3.63) is 224 Å². The Labute approximate surface area is 313 Å². The van der Waals surface area contributed by atoms with Gasteiger partial charge in [0.1, 0.15) is 0 Å². The fourth-order valence-corrected chi connectivity index (χ4v) is 7.81. The van der Waals surface area contributed by atoms with Crippen molar-refractivity contribution in [1.29, 1.82) is 0 Å². The summed E-state index contributed by atoms with van der Waals surface area (Å²) in [6.45, 7) is 22.3. The van der Waals surface area contributed by atoms with Gasteiger partial charge in [-0.1, -0.05) is 155 Å². The topological polar surface area (TPSA) is 8.17 Å². The van der Waals surface area contributed by atoms with E-state index < -0.39 is 0 Å². The van der Waals surface area contributed by atoms with Crippen LogP contribution in [0.15, 0.2) is 213 Å². The maximum Gasteiger partial charge on any atom is 0.0540 e. The highest BCUT2D eigenvalue weighted by molar-refractivity contribution is 6.10. The fourth-order valence-electron chi connectivity index (χ4n) is 7.81. The van der Waals surface area contributed by atoms with Gasteiger partial charge in [-0.25, -0.2) is 0 Å². The summed E-state index contributed by atoms with van der Waals surface area (Å²) < 4.78 is 2.21. The Morgan fingerprint density at radius 1 is 0.566 bits per heavy atom. The number of fused-ring (bicyclic) bond motifs is 6. The molecule has 0 bridgehead atoms. The van der Waals surface area contributed by atoms with Crippen molar-refractivity contribution in [3.8, 4) is 22.3 Å². The second kappa shape index (κ2) is 13.5. The largest absolute Gasteiger partial charge is 0.310 e. The summed E-state index contributed by atoms with van der Waals surface area (Å²) in [4.78, 5) is 2.26. The minimum Gasteiger partial charge on any atom is -0.310 e.